The zero-order valence-corrected chi connectivity index (χ0v) is 12.5. The second kappa shape index (κ2) is 5.49. The molecule has 0 aliphatic rings. The standard InChI is InChI=1S/C15H14N4OS/c1-9-12(14-18-19-15(16)21-14)6-7-13(17-9)10-4-3-5-11(8-10)20-2/h3-8H,1-2H3,(H2,16,19). The van der Waals surface area contributed by atoms with Crippen LogP contribution in [0.15, 0.2) is 36.4 Å². The molecule has 0 saturated carbocycles. The molecule has 0 aliphatic heterocycles. The molecule has 2 heterocycles. The van der Waals surface area contributed by atoms with Crippen molar-refractivity contribution in [2.45, 2.75) is 6.92 Å². The molecule has 0 unspecified atom stereocenters. The van der Waals surface area contributed by atoms with Crippen LogP contribution in [-0.2, 0) is 0 Å². The van der Waals surface area contributed by atoms with Crippen molar-refractivity contribution in [2.24, 2.45) is 0 Å². The van der Waals surface area contributed by atoms with Gasteiger partial charge in [0.2, 0.25) is 5.13 Å². The number of nitrogen functional groups attached to an aromatic ring is 1. The summed E-state index contributed by atoms with van der Waals surface area (Å²) in [5.74, 6) is 0.813. The van der Waals surface area contributed by atoms with Crippen molar-refractivity contribution in [1.29, 1.82) is 0 Å². The van der Waals surface area contributed by atoms with Crippen molar-refractivity contribution >= 4 is 16.5 Å². The van der Waals surface area contributed by atoms with E-state index in [1.165, 1.54) is 11.3 Å². The number of ether oxygens (including phenoxy) is 1. The molecule has 0 saturated heterocycles. The molecule has 0 bridgehead atoms. The number of aryl methyl sites for hydroxylation is 1. The predicted octanol–water partition coefficient (Wildman–Crippen LogP) is 3.17. The fraction of sp³-hybridized carbons (Fsp3) is 0.133. The first-order valence-electron chi connectivity index (χ1n) is 6.39. The second-order valence-corrected chi connectivity index (χ2v) is 5.52. The quantitative estimate of drug-likeness (QED) is 0.804. The zero-order valence-electron chi connectivity index (χ0n) is 11.7. The number of hydrogen-bond donors (Lipinski definition) is 1. The van der Waals surface area contributed by atoms with Gasteiger partial charge in [0.15, 0.2) is 5.01 Å². The first-order chi connectivity index (χ1) is 10.2. The van der Waals surface area contributed by atoms with Crippen molar-refractivity contribution in [3.05, 3.63) is 42.1 Å². The minimum atomic E-state index is 0.460. The Morgan fingerprint density at radius 1 is 1.14 bits per heavy atom. The molecule has 0 fully saturated rings. The lowest BCUT2D eigenvalue weighted by Gasteiger charge is -2.07. The number of aromatic nitrogens is 3. The maximum atomic E-state index is 5.63. The van der Waals surface area contributed by atoms with Gasteiger partial charge in [0, 0.05) is 16.8 Å². The maximum absolute atomic E-state index is 5.63. The summed E-state index contributed by atoms with van der Waals surface area (Å²) in [5.41, 5.74) is 9.39. The summed E-state index contributed by atoms with van der Waals surface area (Å²) in [6.07, 6.45) is 0. The van der Waals surface area contributed by atoms with E-state index in [9.17, 15) is 0 Å². The highest BCUT2D eigenvalue weighted by atomic mass is 32.1. The van der Waals surface area contributed by atoms with Gasteiger partial charge in [-0.2, -0.15) is 0 Å². The smallest absolute Gasteiger partial charge is 0.203 e. The van der Waals surface area contributed by atoms with Gasteiger partial charge < -0.3 is 10.5 Å². The number of anilines is 1. The maximum Gasteiger partial charge on any atom is 0.203 e. The number of hydrogen-bond acceptors (Lipinski definition) is 6. The third-order valence-electron chi connectivity index (χ3n) is 3.12. The van der Waals surface area contributed by atoms with Gasteiger partial charge in [-0.1, -0.05) is 23.5 Å². The average Bonchev–Trinajstić information content (AvgIpc) is 2.93. The minimum absolute atomic E-state index is 0.460. The third kappa shape index (κ3) is 2.71. The Hall–Kier alpha value is -2.47. The number of methoxy groups -OCH3 is 1. The molecule has 21 heavy (non-hydrogen) atoms. The van der Waals surface area contributed by atoms with E-state index >= 15 is 0 Å². The first kappa shape index (κ1) is 13.5. The SMILES string of the molecule is COc1cccc(-c2ccc(-c3nnc(N)s3)c(C)n2)c1. The Kier molecular flexibility index (Phi) is 3.53. The van der Waals surface area contributed by atoms with Crippen molar-refractivity contribution < 1.29 is 4.74 Å². The Balaban J connectivity index is 2.01. The van der Waals surface area contributed by atoms with Gasteiger partial charge in [-0.3, -0.25) is 4.98 Å². The fourth-order valence-electron chi connectivity index (χ4n) is 2.07. The van der Waals surface area contributed by atoms with Crippen LogP contribution >= 0.6 is 11.3 Å². The van der Waals surface area contributed by atoms with E-state index in [-0.39, 0.29) is 0 Å². The summed E-state index contributed by atoms with van der Waals surface area (Å²) in [4.78, 5) is 4.65. The second-order valence-electron chi connectivity index (χ2n) is 4.51. The lowest BCUT2D eigenvalue weighted by atomic mass is 10.1. The highest BCUT2D eigenvalue weighted by Crippen LogP contribution is 2.29. The molecule has 3 rings (SSSR count). The molecule has 3 aromatic rings. The van der Waals surface area contributed by atoms with Crippen LogP contribution in [0.3, 0.4) is 0 Å². The van der Waals surface area contributed by atoms with Gasteiger partial charge in [0.25, 0.3) is 0 Å². The normalized spacial score (nSPS) is 10.6. The third-order valence-corrected chi connectivity index (χ3v) is 3.91. The summed E-state index contributed by atoms with van der Waals surface area (Å²) in [6, 6.07) is 11.8. The Labute approximate surface area is 126 Å². The molecular weight excluding hydrogens is 284 g/mol. The van der Waals surface area contributed by atoms with Crippen LogP contribution in [-0.4, -0.2) is 22.3 Å². The summed E-state index contributed by atoms with van der Waals surface area (Å²) in [7, 11) is 1.65. The zero-order chi connectivity index (χ0) is 14.8. The van der Waals surface area contributed by atoms with Crippen molar-refractivity contribution in [1.82, 2.24) is 15.2 Å². The van der Waals surface area contributed by atoms with Crippen LogP contribution in [0.25, 0.3) is 21.8 Å². The minimum Gasteiger partial charge on any atom is -0.497 e. The van der Waals surface area contributed by atoms with Crippen LogP contribution in [0.1, 0.15) is 5.69 Å². The molecule has 0 amide bonds. The monoisotopic (exact) mass is 298 g/mol. The van der Waals surface area contributed by atoms with E-state index in [1.54, 1.807) is 7.11 Å². The molecule has 5 nitrogen and oxygen atoms in total. The molecule has 106 valence electrons. The summed E-state index contributed by atoms with van der Waals surface area (Å²) < 4.78 is 5.24. The highest BCUT2D eigenvalue weighted by molar-refractivity contribution is 7.18. The number of nitrogens with two attached hydrogens (primary N) is 1. The molecule has 2 aromatic heterocycles. The van der Waals surface area contributed by atoms with Gasteiger partial charge in [-0.05, 0) is 31.2 Å². The van der Waals surface area contributed by atoms with Gasteiger partial charge in [-0.25, -0.2) is 0 Å². The Morgan fingerprint density at radius 2 is 2.00 bits per heavy atom. The Bertz CT molecular complexity index is 785. The lowest BCUT2D eigenvalue weighted by molar-refractivity contribution is 0.415. The highest BCUT2D eigenvalue weighted by Gasteiger charge is 2.10. The van der Waals surface area contributed by atoms with Gasteiger partial charge in [0.05, 0.1) is 12.8 Å². The van der Waals surface area contributed by atoms with Gasteiger partial charge in [-0.15, -0.1) is 10.2 Å². The van der Waals surface area contributed by atoms with Crippen LogP contribution < -0.4 is 10.5 Å². The Morgan fingerprint density at radius 3 is 2.67 bits per heavy atom. The van der Waals surface area contributed by atoms with Crippen LogP contribution in [0.2, 0.25) is 0 Å². The number of pyridine rings is 1. The molecular formula is C15H14N4OS. The molecule has 0 radical (unpaired) electrons. The van der Waals surface area contributed by atoms with Gasteiger partial charge >= 0.3 is 0 Å². The molecule has 0 aliphatic carbocycles. The van der Waals surface area contributed by atoms with E-state index in [4.69, 9.17) is 10.5 Å². The van der Waals surface area contributed by atoms with Gasteiger partial charge in [0.1, 0.15) is 5.75 Å². The van der Waals surface area contributed by atoms with Crippen molar-refractivity contribution in [2.75, 3.05) is 12.8 Å². The summed E-state index contributed by atoms with van der Waals surface area (Å²) >= 11 is 1.36. The van der Waals surface area contributed by atoms with E-state index in [2.05, 4.69) is 15.2 Å². The fourth-order valence-corrected chi connectivity index (χ4v) is 2.76. The summed E-state index contributed by atoms with van der Waals surface area (Å²) in [6.45, 7) is 1.95. The number of rotatable bonds is 3. The molecule has 0 atom stereocenters. The van der Waals surface area contributed by atoms with Crippen LogP contribution in [0.5, 0.6) is 5.75 Å². The molecule has 0 spiro atoms. The average molecular weight is 298 g/mol. The molecule has 2 N–H and O–H groups in total. The van der Waals surface area contributed by atoms with Crippen LogP contribution in [0.4, 0.5) is 5.13 Å². The van der Waals surface area contributed by atoms with Crippen molar-refractivity contribution in [3.63, 3.8) is 0 Å². The number of benzene rings is 1. The van der Waals surface area contributed by atoms with E-state index in [0.717, 1.165) is 33.3 Å². The van der Waals surface area contributed by atoms with E-state index in [0.29, 0.717) is 5.13 Å². The van der Waals surface area contributed by atoms with Crippen LogP contribution in [0, 0.1) is 6.92 Å². The largest absolute Gasteiger partial charge is 0.497 e. The van der Waals surface area contributed by atoms with Crippen molar-refractivity contribution in [3.8, 4) is 27.6 Å². The topological polar surface area (TPSA) is 73.9 Å². The van der Waals surface area contributed by atoms with E-state index < -0.39 is 0 Å². The summed E-state index contributed by atoms with van der Waals surface area (Å²) in [5, 5.41) is 9.15. The molecule has 6 heteroatoms. The first-order valence-corrected chi connectivity index (χ1v) is 7.20. The number of nitrogens with zero attached hydrogens (tertiary/aromatic N) is 3. The predicted molar refractivity (Wildman–Crippen MR) is 84.3 cm³/mol. The molecule has 1 aromatic carbocycles. The van der Waals surface area contributed by atoms with E-state index in [1.807, 2.05) is 43.3 Å². The lowest BCUT2D eigenvalue weighted by Crippen LogP contribution is -1.91.